The topological polar surface area (TPSA) is 46.1 Å². The van der Waals surface area contributed by atoms with Gasteiger partial charge in [-0.3, -0.25) is 4.79 Å². The van der Waals surface area contributed by atoms with Crippen LogP contribution in [0.2, 0.25) is 0 Å². The maximum Gasteiger partial charge on any atom is 0.221 e. The summed E-state index contributed by atoms with van der Waals surface area (Å²) in [6.07, 6.45) is 3.71. The normalized spacial score (nSPS) is 12.4. The lowest BCUT2D eigenvalue weighted by Crippen LogP contribution is -2.25. The maximum absolute atomic E-state index is 11.5. The zero-order valence-electron chi connectivity index (χ0n) is 11.7. The summed E-state index contributed by atoms with van der Waals surface area (Å²) < 4.78 is 2.16. The number of nitrogens with one attached hydrogen (secondary N) is 2. The van der Waals surface area contributed by atoms with E-state index in [-0.39, 0.29) is 5.91 Å². The summed E-state index contributed by atoms with van der Waals surface area (Å²) in [6, 6.07) is 4.48. The molecular weight excluding hydrogens is 226 g/mol. The summed E-state index contributed by atoms with van der Waals surface area (Å²) >= 11 is 0. The smallest absolute Gasteiger partial charge is 0.221 e. The quantitative estimate of drug-likeness (QED) is 0.743. The molecule has 0 fully saturated rings. The first kappa shape index (κ1) is 14.8. The van der Waals surface area contributed by atoms with Gasteiger partial charge in [0.25, 0.3) is 0 Å². The SMILES string of the molecule is CCCNC(C)c1cccn1CCC(=O)NCC. The van der Waals surface area contributed by atoms with Gasteiger partial charge in [0.1, 0.15) is 0 Å². The average Bonchev–Trinajstić information content (AvgIpc) is 2.82. The zero-order valence-corrected chi connectivity index (χ0v) is 11.7. The van der Waals surface area contributed by atoms with Gasteiger partial charge in [-0.15, -0.1) is 0 Å². The summed E-state index contributed by atoms with van der Waals surface area (Å²) in [6.45, 7) is 8.72. The number of nitrogens with zero attached hydrogens (tertiary/aromatic N) is 1. The number of amides is 1. The molecule has 0 aliphatic rings. The van der Waals surface area contributed by atoms with E-state index >= 15 is 0 Å². The van der Waals surface area contributed by atoms with E-state index in [1.165, 1.54) is 5.69 Å². The molecule has 1 aromatic rings. The van der Waals surface area contributed by atoms with Crippen LogP contribution in [0.25, 0.3) is 0 Å². The molecule has 1 aromatic heterocycles. The van der Waals surface area contributed by atoms with Crippen LogP contribution in [0.3, 0.4) is 0 Å². The Morgan fingerprint density at radius 3 is 2.89 bits per heavy atom. The Morgan fingerprint density at radius 2 is 2.22 bits per heavy atom. The molecule has 18 heavy (non-hydrogen) atoms. The summed E-state index contributed by atoms with van der Waals surface area (Å²) in [5, 5.41) is 6.29. The Labute approximate surface area is 110 Å². The molecular formula is C14H25N3O. The molecule has 1 rings (SSSR count). The fraction of sp³-hybridized carbons (Fsp3) is 0.643. The Kier molecular flexibility index (Phi) is 6.50. The second-order valence-corrected chi connectivity index (χ2v) is 4.51. The van der Waals surface area contributed by atoms with Crippen LogP contribution in [0.5, 0.6) is 0 Å². The van der Waals surface area contributed by atoms with Crippen molar-refractivity contribution in [1.82, 2.24) is 15.2 Å². The number of hydrogen-bond donors (Lipinski definition) is 2. The van der Waals surface area contributed by atoms with Gasteiger partial charge in [-0.25, -0.2) is 0 Å². The van der Waals surface area contributed by atoms with Gasteiger partial charge in [-0.2, -0.15) is 0 Å². The van der Waals surface area contributed by atoms with Gasteiger partial charge in [-0.05, 0) is 38.9 Å². The van der Waals surface area contributed by atoms with Crippen LogP contribution in [0.4, 0.5) is 0 Å². The Bertz CT molecular complexity index is 360. The van der Waals surface area contributed by atoms with Gasteiger partial charge >= 0.3 is 0 Å². The largest absolute Gasteiger partial charge is 0.356 e. The summed E-state index contributed by atoms with van der Waals surface area (Å²) in [5.41, 5.74) is 1.24. The highest BCUT2D eigenvalue weighted by molar-refractivity contribution is 5.75. The van der Waals surface area contributed by atoms with Crippen LogP contribution in [0.15, 0.2) is 18.3 Å². The number of carbonyl (C=O) groups excluding carboxylic acids is 1. The van der Waals surface area contributed by atoms with Crippen molar-refractivity contribution < 1.29 is 4.79 Å². The molecule has 4 nitrogen and oxygen atoms in total. The van der Waals surface area contributed by atoms with E-state index in [0.717, 1.165) is 19.5 Å². The Balaban J connectivity index is 2.51. The fourth-order valence-electron chi connectivity index (χ4n) is 2.00. The second-order valence-electron chi connectivity index (χ2n) is 4.51. The summed E-state index contributed by atoms with van der Waals surface area (Å²) in [5.74, 6) is 0.117. The van der Waals surface area contributed by atoms with Crippen molar-refractivity contribution in [2.45, 2.75) is 46.2 Å². The van der Waals surface area contributed by atoms with E-state index in [9.17, 15) is 4.79 Å². The number of rotatable bonds is 8. The second kappa shape index (κ2) is 7.93. The van der Waals surface area contributed by atoms with Crippen LogP contribution >= 0.6 is 0 Å². The fourth-order valence-corrected chi connectivity index (χ4v) is 2.00. The number of hydrogen-bond acceptors (Lipinski definition) is 2. The van der Waals surface area contributed by atoms with E-state index in [1.54, 1.807) is 0 Å². The highest BCUT2D eigenvalue weighted by atomic mass is 16.1. The van der Waals surface area contributed by atoms with E-state index in [1.807, 2.05) is 19.2 Å². The van der Waals surface area contributed by atoms with E-state index in [2.05, 4.69) is 35.1 Å². The predicted molar refractivity (Wildman–Crippen MR) is 74.4 cm³/mol. The van der Waals surface area contributed by atoms with Gasteiger partial charge in [0.15, 0.2) is 0 Å². The van der Waals surface area contributed by atoms with E-state index in [4.69, 9.17) is 0 Å². The van der Waals surface area contributed by atoms with Crippen molar-refractivity contribution in [3.63, 3.8) is 0 Å². The molecule has 0 saturated carbocycles. The van der Waals surface area contributed by atoms with Crippen LogP contribution in [0, 0.1) is 0 Å². The van der Waals surface area contributed by atoms with Crippen molar-refractivity contribution in [2.24, 2.45) is 0 Å². The van der Waals surface area contributed by atoms with Crippen LogP contribution in [0.1, 0.15) is 45.3 Å². The maximum atomic E-state index is 11.5. The molecule has 4 heteroatoms. The third kappa shape index (κ3) is 4.53. The molecule has 1 unspecified atom stereocenters. The van der Waals surface area contributed by atoms with Gasteiger partial charge in [0, 0.05) is 37.4 Å². The third-order valence-corrected chi connectivity index (χ3v) is 2.96. The first-order valence-electron chi connectivity index (χ1n) is 6.84. The summed E-state index contributed by atoms with van der Waals surface area (Å²) in [7, 11) is 0. The molecule has 0 saturated heterocycles. The van der Waals surface area contributed by atoms with E-state index < -0.39 is 0 Å². The standard InChI is InChI=1S/C14H25N3O/c1-4-9-16-12(3)13-7-6-10-17(13)11-8-14(18)15-5-2/h6-7,10,12,16H,4-5,8-9,11H2,1-3H3,(H,15,18). The van der Waals surface area contributed by atoms with Gasteiger partial charge < -0.3 is 15.2 Å². The van der Waals surface area contributed by atoms with E-state index in [0.29, 0.717) is 19.0 Å². The van der Waals surface area contributed by atoms with Crippen LogP contribution in [-0.2, 0) is 11.3 Å². The first-order chi connectivity index (χ1) is 8.69. The molecule has 0 spiro atoms. The van der Waals surface area contributed by atoms with Crippen molar-refractivity contribution >= 4 is 5.91 Å². The minimum absolute atomic E-state index is 0.117. The van der Waals surface area contributed by atoms with Crippen molar-refractivity contribution in [3.05, 3.63) is 24.0 Å². The molecule has 1 heterocycles. The monoisotopic (exact) mass is 251 g/mol. The van der Waals surface area contributed by atoms with Crippen molar-refractivity contribution in [3.8, 4) is 0 Å². The lowest BCUT2D eigenvalue weighted by Gasteiger charge is -2.16. The highest BCUT2D eigenvalue weighted by Gasteiger charge is 2.09. The average molecular weight is 251 g/mol. The molecule has 1 atom stereocenters. The number of aromatic nitrogens is 1. The Hall–Kier alpha value is -1.29. The molecule has 0 aromatic carbocycles. The molecule has 102 valence electrons. The minimum Gasteiger partial charge on any atom is -0.356 e. The third-order valence-electron chi connectivity index (χ3n) is 2.96. The van der Waals surface area contributed by atoms with Crippen molar-refractivity contribution in [1.29, 1.82) is 0 Å². The van der Waals surface area contributed by atoms with Gasteiger partial charge in [0.2, 0.25) is 5.91 Å². The predicted octanol–water partition coefficient (Wildman–Crippen LogP) is 2.07. The van der Waals surface area contributed by atoms with Crippen molar-refractivity contribution in [2.75, 3.05) is 13.1 Å². The zero-order chi connectivity index (χ0) is 13.4. The molecule has 0 bridgehead atoms. The first-order valence-corrected chi connectivity index (χ1v) is 6.84. The number of carbonyl (C=O) groups is 1. The van der Waals surface area contributed by atoms with Gasteiger partial charge in [-0.1, -0.05) is 6.92 Å². The number of aryl methyl sites for hydroxylation is 1. The summed E-state index contributed by atoms with van der Waals surface area (Å²) in [4.78, 5) is 11.5. The molecule has 0 aliphatic carbocycles. The Morgan fingerprint density at radius 1 is 1.44 bits per heavy atom. The molecule has 2 N–H and O–H groups in total. The highest BCUT2D eigenvalue weighted by Crippen LogP contribution is 2.13. The molecule has 1 amide bonds. The molecule has 0 radical (unpaired) electrons. The minimum atomic E-state index is 0.117. The van der Waals surface area contributed by atoms with Gasteiger partial charge in [0.05, 0.1) is 0 Å². The lowest BCUT2D eigenvalue weighted by molar-refractivity contribution is -0.121. The van der Waals surface area contributed by atoms with Crippen LogP contribution < -0.4 is 10.6 Å². The lowest BCUT2D eigenvalue weighted by atomic mass is 10.2. The molecule has 0 aliphatic heterocycles. The van der Waals surface area contributed by atoms with Crippen LogP contribution in [-0.4, -0.2) is 23.6 Å².